The Morgan fingerprint density at radius 1 is 1.25 bits per heavy atom. The summed E-state index contributed by atoms with van der Waals surface area (Å²) in [4.78, 5) is 20.5. The Hall–Kier alpha value is -2.24. The van der Waals surface area contributed by atoms with Gasteiger partial charge >= 0.3 is 0 Å². The van der Waals surface area contributed by atoms with Crippen molar-refractivity contribution in [3.05, 3.63) is 41.7 Å². The molecule has 1 atom stereocenters. The lowest BCUT2D eigenvalue weighted by Crippen LogP contribution is -2.28. The van der Waals surface area contributed by atoms with Crippen LogP contribution in [0.2, 0.25) is 0 Å². The predicted octanol–water partition coefficient (Wildman–Crippen LogP) is 2.05. The third-order valence-electron chi connectivity index (χ3n) is 3.01. The minimum Gasteiger partial charge on any atom is -0.342 e. The zero-order valence-electron chi connectivity index (χ0n) is 12.2. The molecule has 0 aliphatic heterocycles. The number of carbonyl (C=O) groups is 1. The summed E-state index contributed by atoms with van der Waals surface area (Å²) in [7, 11) is 0. The van der Waals surface area contributed by atoms with E-state index >= 15 is 0 Å². The maximum absolute atomic E-state index is 12.3. The number of hydrogen-bond donors (Lipinski definition) is 1. The van der Waals surface area contributed by atoms with E-state index in [1.165, 1.54) is 0 Å². The van der Waals surface area contributed by atoms with Gasteiger partial charge in [-0.1, -0.05) is 0 Å². The fourth-order valence-corrected chi connectivity index (χ4v) is 1.84. The Morgan fingerprint density at radius 2 is 1.90 bits per heavy atom. The van der Waals surface area contributed by atoms with Gasteiger partial charge in [0, 0.05) is 24.6 Å². The van der Waals surface area contributed by atoms with E-state index in [1.807, 2.05) is 27.7 Å². The van der Waals surface area contributed by atoms with Crippen molar-refractivity contribution in [2.75, 3.05) is 0 Å². The lowest BCUT2D eigenvalue weighted by Gasteiger charge is -2.11. The largest absolute Gasteiger partial charge is 0.342 e. The minimum atomic E-state index is -0.245. The lowest BCUT2D eigenvalue weighted by atomic mass is 10.2. The highest BCUT2D eigenvalue weighted by molar-refractivity contribution is 5.95. The maximum Gasteiger partial charge on any atom is 0.255 e. The maximum atomic E-state index is 12.3. The number of amides is 1. The van der Waals surface area contributed by atoms with Gasteiger partial charge in [-0.05, 0) is 33.8 Å². The molecule has 0 radical (unpaired) electrons. The Kier molecular flexibility index (Phi) is 4.12. The summed E-state index contributed by atoms with van der Waals surface area (Å²) in [5, 5.41) is 7.22. The molecule has 0 saturated carbocycles. The number of rotatable bonds is 4. The number of nitrogens with zero attached hydrogens (tertiary/aromatic N) is 4. The highest BCUT2D eigenvalue weighted by Gasteiger charge is 2.18. The molecular formula is C14H19N5O. The van der Waals surface area contributed by atoms with Gasteiger partial charge in [0.15, 0.2) is 0 Å². The second kappa shape index (κ2) is 5.81. The first-order valence-electron chi connectivity index (χ1n) is 6.62. The molecule has 2 heterocycles. The van der Waals surface area contributed by atoms with Gasteiger partial charge in [0.25, 0.3) is 5.91 Å². The molecule has 6 nitrogen and oxygen atoms in total. The van der Waals surface area contributed by atoms with E-state index in [-0.39, 0.29) is 18.0 Å². The van der Waals surface area contributed by atoms with Crippen LogP contribution >= 0.6 is 0 Å². The fraction of sp³-hybridized carbons (Fsp3) is 0.429. The zero-order valence-corrected chi connectivity index (χ0v) is 12.2. The molecule has 1 unspecified atom stereocenters. The van der Waals surface area contributed by atoms with Crippen molar-refractivity contribution >= 4 is 5.91 Å². The normalized spacial score (nSPS) is 12.4. The number of aryl methyl sites for hydroxylation is 1. The van der Waals surface area contributed by atoms with E-state index < -0.39 is 0 Å². The van der Waals surface area contributed by atoms with Gasteiger partial charge in [0.1, 0.15) is 5.82 Å². The average molecular weight is 273 g/mol. The Bertz CT molecular complexity index is 591. The highest BCUT2D eigenvalue weighted by atomic mass is 16.1. The lowest BCUT2D eigenvalue weighted by molar-refractivity contribution is 0.0937. The van der Waals surface area contributed by atoms with Crippen LogP contribution in [0.4, 0.5) is 0 Å². The summed E-state index contributed by atoms with van der Waals surface area (Å²) in [5.41, 5.74) is 1.30. The van der Waals surface area contributed by atoms with Crippen molar-refractivity contribution in [3.8, 4) is 0 Å². The summed E-state index contributed by atoms with van der Waals surface area (Å²) >= 11 is 0. The third-order valence-corrected chi connectivity index (χ3v) is 3.01. The van der Waals surface area contributed by atoms with Crippen molar-refractivity contribution in [3.63, 3.8) is 0 Å². The van der Waals surface area contributed by atoms with Gasteiger partial charge in [0.05, 0.1) is 17.3 Å². The summed E-state index contributed by atoms with van der Waals surface area (Å²) in [6.07, 6.45) is 5.09. The average Bonchev–Trinajstić information content (AvgIpc) is 2.82. The Balaban J connectivity index is 2.12. The van der Waals surface area contributed by atoms with E-state index in [1.54, 1.807) is 29.3 Å². The molecule has 0 spiro atoms. The van der Waals surface area contributed by atoms with Crippen LogP contribution in [-0.2, 0) is 0 Å². The van der Waals surface area contributed by atoms with Crippen molar-refractivity contribution in [2.24, 2.45) is 0 Å². The second-order valence-corrected chi connectivity index (χ2v) is 5.00. The zero-order chi connectivity index (χ0) is 14.7. The monoisotopic (exact) mass is 273 g/mol. The SMILES string of the molecule is Cc1nn(C(C)C)cc1C(=O)NC(C)c1ncccn1. The highest BCUT2D eigenvalue weighted by Crippen LogP contribution is 2.12. The van der Waals surface area contributed by atoms with E-state index in [0.29, 0.717) is 11.4 Å². The summed E-state index contributed by atoms with van der Waals surface area (Å²) in [6.45, 7) is 7.73. The second-order valence-electron chi connectivity index (χ2n) is 5.00. The number of hydrogen-bond acceptors (Lipinski definition) is 4. The molecular weight excluding hydrogens is 254 g/mol. The number of aromatic nitrogens is 4. The summed E-state index contributed by atoms with van der Waals surface area (Å²) in [5.74, 6) is 0.434. The standard InChI is InChI=1S/C14H19N5O/c1-9(2)19-8-12(10(3)18-19)14(20)17-11(4)13-15-6-5-7-16-13/h5-9,11H,1-4H3,(H,17,20). The number of carbonyl (C=O) groups excluding carboxylic acids is 1. The fourth-order valence-electron chi connectivity index (χ4n) is 1.84. The van der Waals surface area contributed by atoms with Crippen LogP contribution in [0.5, 0.6) is 0 Å². The topological polar surface area (TPSA) is 72.7 Å². The minimum absolute atomic E-state index is 0.158. The third kappa shape index (κ3) is 3.01. The first-order chi connectivity index (χ1) is 9.49. The first kappa shape index (κ1) is 14.2. The van der Waals surface area contributed by atoms with E-state index in [4.69, 9.17) is 0 Å². The molecule has 2 aromatic heterocycles. The quantitative estimate of drug-likeness (QED) is 0.925. The molecule has 20 heavy (non-hydrogen) atoms. The molecule has 0 fully saturated rings. The van der Waals surface area contributed by atoms with Crippen LogP contribution < -0.4 is 5.32 Å². The van der Waals surface area contributed by atoms with Crippen LogP contribution in [0.3, 0.4) is 0 Å². The summed E-state index contributed by atoms with van der Waals surface area (Å²) < 4.78 is 1.79. The summed E-state index contributed by atoms with van der Waals surface area (Å²) in [6, 6.07) is 1.73. The van der Waals surface area contributed by atoms with Crippen molar-refractivity contribution < 1.29 is 4.79 Å². The van der Waals surface area contributed by atoms with Crippen molar-refractivity contribution in [2.45, 2.75) is 39.8 Å². The van der Waals surface area contributed by atoms with Gasteiger partial charge < -0.3 is 5.32 Å². The van der Waals surface area contributed by atoms with Crippen molar-refractivity contribution in [1.82, 2.24) is 25.1 Å². The molecule has 2 aromatic rings. The Morgan fingerprint density at radius 3 is 2.45 bits per heavy atom. The van der Waals surface area contributed by atoms with Crippen LogP contribution in [0.25, 0.3) is 0 Å². The number of nitrogens with one attached hydrogen (secondary N) is 1. The molecule has 0 bridgehead atoms. The smallest absolute Gasteiger partial charge is 0.255 e. The molecule has 1 N–H and O–H groups in total. The van der Waals surface area contributed by atoms with Gasteiger partial charge in [0.2, 0.25) is 0 Å². The first-order valence-corrected chi connectivity index (χ1v) is 6.62. The van der Waals surface area contributed by atoms with Crippen LogP contribution in [-0.4, -0.2) is 25.7 Å². The molecule has 2 rings (SSSR count). The molecule has 1 amide bonds. The van der Waals surface area contributed by atoms with Gasteiger partial charge in [-0.2, -0.15) is 5.10 Å². The van der Waals surface area contributed by atoms with Gasteiger partial charge in [-0.3, -0.25) is 9.48 Å². The molecule has 0 aromatic carbocycles. The molecule has 0 aliphatic rings. The van der Waals surface area contributed by atoms with E-state index in [2.05, 4.69) is 20.4 Å². The van der Waals surface area contributed by atoms with Crippen LogP contribution in [0.15, 0.2) is 24.7 Å². The Labute approximate surface area is 118 Å². The predicted molar refractivity (Wildman–Crippen MR) is 75.3 cm³/mol. The van der Waals surface area contributed by atoms with Crippen LogP contribution in [0.1, 0.15) is 54.7 Å². The molecule has 106 valence electrons. The molecule has 0 aliphatic carbocycles. The van der Waals surface area contributed by atoms with E-state index in [0.717, 1.165) is 5.69 Å². The van der Waals surface area contributed by atoms with Crippen molar-refractivity contribution in [1.29, 1.82) is 0 Å². The molecule has 0 saturated heterocycles. The van der Waals surface area contributed by atoms with Crippen LogP contribution in [0, 0.1) is 6.92 Å². The molecule has 6 heteroatoms. The van der Waals surface area contributed by atoms with E-state index in [9.17, 15) is 4.79 Å². The van der Waals surface area contributed by atoms with Gasteiger partial charge in [-0.15, -0.1) is 0 Å². The van der Waals surface area contributed by atoms with Gasteiger partial charge in [-0.25, -0.2) is 9.97 Å².